The fourth-order valence-electron chi connectivity index (χ4n) is 1.09. The summed E-state index contributed by atoms with van der Waals surface area (Å²) in [6.07, 6.45) is -3.41. The minimum Gasteiger partial charge on any atom is -0.266 e. The van der Waals surface area contributed by atoms with Gasteiger partial charge in [0.05, 0.1) is 6.20 Å². The van der Waals surface area contributed by atoms with Crippen LogP contribution in [0.25, 0.3) is 0 Å². The molecule has 0 amide bonds. The van der Waals surface area contributed by atoms with Crippen molar-refractivity contribution in [1.29, 1.82) is 0 Å². The third kappa shape index (κ3) is 2.95. The van der Waals surface area contributed by atoms with E-state index >= 15 is 0 Å². The fraction of sp³-hybridized carbons (Fsp3) is 0.571. The first-order chi connectivity index (χ1) is 7.27. The summed E-state index contributed by atoms with van der Waals surface area (Å²) < 4.78 is 60.0. The van der Waals surface area contributed by atoms with Gasteiger partial charge >= 0.3 is 6.18 Å². The number of sulfonamides is 1. The van der Waals surface area contributed by atoms with Crippen LogP contribution in [0.3, 0.4) is 0 Å². The van der Waals surface area contributed by atoms with Crippen LogP contribution in [0.4, 0.5) is 13.2 Å². The number of hydrogen-bond donors (Lipinski definition) is 1. The highest BCUT2D eigenvalue weighted by Gasteiger charge is 2.36. The maximum absolute atomic E-state index is 12.1. The summed E-state index contributed by atoms with van der Waals surface area (Å²) in [5.74, 6) is 0. The van der Waals surface area contributed by atoms with Gasteiger partial charge in [0.15, 0.2) is 5.03 Å². The largest absolute Gasteiger partial charge is 0.402 e. The van der Waals surface area contributed by atoms with Crippen molar-refractivity contribution >= 4 is 10.0 Å². The molecule has 0 spiro atoms. The van der Waals surface area contributed by atoms with E-state index in [1.54, 1.807) is 0 Å². The van der Waals surface area contributed by atoms with Gasteiger partial charge in [0.25, 0.3) is 10.0 Å². The first-order valence-corrected chi connectivity index (χ1v) is 5.77. The molecule has 16 heavy (non-hydrogen) atoms. The average Bonchev–Trinajstić information content (AvgIpc) is 2.65. The third-order valence-corrected chi connectivity index (χ3v) is 3.65. The molecule has 0 bridgehead atoms. The molecule has 5 nitrogen and oxygen atoms in total. The zero-order chi connectivity index (χ0) is 12.4. The van der Waals surface area contributed by atoms with Crippen molar-refractivity contribution in [3.8, 4) is 0 Å². The summed E-state index contributed by atoms with van der Waals surface area (Å²) >= 11 is 0. The Morgan fingerprint density at radius 3 is 2.50 bits per heavy atom. The van der Waals surface area contributed by atoms with Gasteiger partial charge < -0.3 is 0 Å². The Kier molecular flexibility index (Phi) is 3.58. The second kappa shape index (κ2) is 4.42. The molecule has 0 aliphatic carbocycles. The van der Waals surface area contributed by atoms with Crippen molar-refractivity contribution in [2.75, 3.05) is 13.1 Å². The van der Waals surface area contributed by atoms with Crippen molar-refractivity contribution in [3.63, 3.8) is 0 Å². The highest BCUT2D eigenvalue weighted by atomic mass is 32.2. The molecule has 1 rings (SSSR count). The Balaban J connectivity index is 2.97. The van der Waals surface area contributed by atoms with Crippen LogP contribution >= 0.6 is 0 Å². The number of aromatic nitrogens is 2. The van der Waals surface area contributed by atoms with Crippen LogP contribution < -0.4 is 0 Å². The summed E-state index contributed by atoms with van der Waals surface area (Å²) in [6.45, 7) is -0.439. The second-order valence-corrected chi connectivity index (χ2v) is 4.87. The van der Waals surface area contributed by atoms with E-state index in [1.807, 2.05) is 0 Å². The first kappa shape index (κ1) is 13.0. The monoisotopic (exact) mass is 257 g/mol. The van der Waals surface area contributed by atoms with Gasteiger partial charge in [0, 0.05) is 6.54 Å². The van der Waals surface area contributed by atoms with Crippen molar-refractivity contribution in [2.24, 2.45) is 0 Å². The van der Waals surface area contributed by atoms with Crippen molar-refractivity contribution in [3.05, 3.63) is 12.3 Å². The molecule has 0 saturated heterocycles. The van der Waals surface area contributed by atoms with Gasteiger partial charge in [-0.15, -0.1) is 0 Å². The van der Waals surface area contributed by atoms with Crippen LogP contribution in [-0.4, -0.2) is 42.2 Å². The third-order valence-electron chi connectivity index (χ3n) is 1.80. The van der Waals surface area contributed by atoms with E-state index in [-0.39, 0.29) is 11.6 Å². The standard InChI is InChI=1S/C7H10F3N3O2S/c1-2-13(5-7(8,9)10)16(14,15)6-3-4-11-12-6/h3-4H,2,5H2,1H3,(H,11,12). The maximum atomic E-state index is 12.1. The lowest BCUT2D eigenvalue weighted by Crippen LogP contribution is -2.38. The Labute approximate surface area is 90.3 Å². The van der Waals surface area contributed by atoms with Crippen LogP contribution in [-0.2, 0) is 10.0 Å². The lowest BCUT2D eigenvalue weighted by Gasteiger charge is -2.20. The molecule has 1 N–H and O–H groups in total. The van der Waals surface area contributed by atoms with Crippen LogP contribution in [0.2, 0.25) is 0 Å². The molecule has 0 unspecified atom stereocenters. The zero-order valence-electron chi connectivity index (χ0n) is 8.32. The highest BCUT2D eigenvalue weighted by molar-refractivity contribution is 7.89. The van der Waals surface area contributed by atoms with Crippen molar-refractivity contribution < 1.29 is 21.6 Å². The van der Waals surface area contributed by atoms with Gasteiger partial charge in [0.1, 0.15) is 6.54 Å². The molecule has 0 fully saturated rings. The SMILES string of the molecule is CCN(CC(F)(F)F)S(=O)(=O)c1ccn[nH]1. The number of alkyl halides is 3. The summed E-state index contributed by atoms with van der Waals surface area (Å²) in [5, 5.41) is 5.17. The quantitative estimate of drug-likeness (QED) is 0.874. The molecule has 1 heterocycles. The Morgan fingerprint density at radius 1 is 1.50 bits per heavy atom. The summed E-state index contributed by atoms with van der Waals surface area (Å²) in [5.41, 5.74) is 0. The summed E-state index contributed by atoms with van der Waals surface area (Å²) in [7, 11) is -4.15. The molecular weight excluding hydrogens is 247 g/mol. The molecule has 0 aromatic carbocycles. The molecule has 1 aromatic heterocycles. The number of aromatic amines is 1. The molecule has 0 radical (unpaired) electrons. The molecular formula is C7H10F3N3O2S. The highest BCUT2D eigenvalue weighted by Crippen LogP contribution is 2.21. The van der Waals surface area contributed by atoms with Gasteiger partial charge in [-0.2, -0.15) is 22.6 Å². The summed E-state index contributed by atoms with van der Waals surface area (Å²) in [4.78, 5) is 0. The molecule has 1 aromatic rings. The van der Waals surface area contributed by atoms with Crippen LogP contribution in [0, 0.1) is 0 Å². The summed E-state index contributed by atoms with van der Waals surface area (Å²) in [6, 6.07) is 1.11. The molecule has 0 aliphatic rings. The van der Waals surface area contributed by atoms with E-state index in [0.717, 1.165) is 12.3 Å². The van der Waals surface area contributed by atoms with Crippen LogP contribution in [0.15, 0.2) is 17.3 Å². The molecule has 0 atom stereocenters. The van der Waals surface area contributed by atoms with Crippen LogP contribution in [0.1, 0.15) is 6.92 Å². The second-order valence-electron chi connectivity index (χ2n) is 2.97. The Bertz CT molecular complexity index is 426. The van der Waals surface area contributed by atoms with E-state index < -0.39 is 22.7 Å². The number of halogens is 3. The predicted octanol–water partition coefficient (Wildman–Crippen LogP) is 0.983. The van der Waals surface area contributed by atoms with E-state index in [2.05, 4.69) is 10.2 Å². The van der Waals surface area contributed by atoms with Gasteiger partial charge in [-0.05, 0) is 6.07 Å². The topological polar surface area (TPSA) is 66.1 Å². The molecule has 92 valence electrons. The number of H-pyrrole nitrogens is 1. The van der Waals surface area contributed by atoms with Gasteiger partial charge in [-0.1, -0.05) is 6.92 Å². The van der Waals surface area contributed by atoms with E-state index in [0.29, 0.717) is 4.31 Å². The molecule has 9 heteroatoms. The van der Waals surface area contributed by atoms with Crippen LogP contribution in [0.5, 0.6) is 0 Å². The number of hydrogen-bond acceptors (Lipinski definition) is 3. The van der Waals surface area contributed by atoms with Gasteiger partial charge in [-0.25, -0.2) is 8.42 Å². The fourth-order valence-corrected chi connectivity index (χ4v) is 2.43. The van der Waals surface area contributed by atoms with E-state index in [4.69, 9.17) is 0 Å². The number of rotatable bonds is 4. The number of nitrogens with zero attached hydrogens (tertiary/aromatic N) is 2. The minimum atomic E-state index is -4.57. The molecule has 0 aliphatic heterocycles. The lowest BCUT2D eigenvalue weighted by atomic mass is 10.6. The first-order valence-electron chi connectivity index (χ1n) is 4.33. The Hall–Kier alpha value is -1.09. The smallest absolute Gasteiger partial charge is 0.266 e. The lowest BCUT2D eigenvalue weighted by molar-refractivity contribution is -0.135. The van der Waals surface area contributed by atoms with Gasteiger partial charge in [0.2, 0.25) is 0 Å². The Morgan fingerprint density at radius 2 is 2.12 bits per heavy atom. The average molecular weight is 257 g/mol. The zero-order valence-corrected chi connectivity index (χ0v) is 9.14. The normalized spacial score (nSPS) is 13.3. The van der Waals surface area contributed by atoms with Crippen molar-refractivity contribution in [1.82, 2.24) is 14.5 Å². The number of nitrogens with one attached hydrogen (secondary N) is 1. The minimum absolute atomic E-state index is 0.263. The maximum Gasteiger partial charge on any atom is 0.402 e. The van der Waals surface area contributed by atoms with E-state index in [1.165, 1.54) is 6.92 Å². The van der Waals surface area contributed by atoms with Crippen molar-refractivity contribution in [2.45, 2.75) is 18.1 Å². The van der Waals surface area contributed by atoms with E-state index in [9.17, 15) is 21.6 Å². The molecule has 0 saturated carbocycles. The van der Waals surface area contributed by atoms with Gasteiger partial charge in [-0.3, -0.25) is 5.10 Å². The predicted molar refractivity (Wildman–Crippen MR) is 49.1 cm³/mol.